The quantitative estimate of drug-likeness (QED) is 0.727. The SMILES string of the molecule is O=C(c1cnn2ncccc12)N(Cc1ccccc1)CC(F)F. The van der Waals surface area contributed by atoms with Crippen molar-refractivity contribution in [1.82, 2.24) is 19.7 Å². The highest BCUT2D eigenvalue weighted by atomic mass is 19.3. The van der Waals surface area contributed by atoms with Gasteiger partial charge in [-0.1, -0.05) is 30.3 Å². The lowest BCUT2D eigenvalue weighted by Crippen LogP contribution is -2.34. The first-order chi connectivity index (χ1) is 11.1. The summed E-state index contributed by atoms with van der Waals surface area (Å²) in [5.74, 6) is -0.489. The Morgan fingerprint density at radius 2 is 1.91 bits per heavy atom. The maximum atomic E-state index is 12.9. The van der Waals surface area contributed by atoms with Crippen LogP contribution < -0.4 is 0 Å². The van der Waals surface area contributed by atoms with Crippen molar-refractivity contribution in [1.29, 1.82) is 0 Å². The minimum Gasteiger partial charge on any atom is -0.328 e. The Hall–Kier alpha value is -2.83. The van der Waals surface area contributed by atoms with Crippen molar-refractivity contribution < 1.29 is 13.6 Å². The molecular formula is C16H14F2N4O. The molecular weight excluding hydrogens is 302 g/mol. The minimum absolute atomic E-state index is 0.113. The molecule has 0 bridgehead atoms. The van der Waals surface area contributed by atoms with E-state index in [0.29, 0.717) is 5.52 Å². The summed E-state index contributed by atoms with van der Waals surface area (Å²) in [6, 6.07) is 12.4. The Bertz CT molecular complexity index is 804. The Morgan fingerprint density at radius 1 is 1.13 bits per heavy atom. The van der Waals surface area contributed by atoms with E-state index in [1.54, 1.807) is 36.4 Å². The molecule has 3 rings (SSSR count). The number of benzene rings is 1. The number of rotatable bonds is 5. The van der Waals surface area contributed by atoms with E-state index in [1.807, 2.05) is 6.07 Å². The van der Waals surface area contributed by atoms with Crippen LogP contribution in [0.2, 0.25) is 0 Å². The monoisotopic (exact) mass is 316 g/mol. The van der Waals surface area contributed by atoms with Gasteiger partial charge in [0.15, 0.2) is 0 Å². The highest BCUT2D eigenvalue weighted by Gasteiger charge is 2.23. The first-order valence-electron chi connectivity index (χ1n) is 7.05. The van der Waals surface area contributed by atoms with E-state index in [2.05, 4.69) is 10.2 Å². The van der Waals surface area contributed by atoms with Crippen molar-refractivity contribution in [3.63, 3.8) is 0 Å². The maximum Gasteiger partial charge on any atom is 0.258 e. The van der Waals surface area contributed by atoms with Gasteiger partial charge in [-0.15, -0.1) is 0 Å². The third kappa shape index (κ3) is 3.33. The fraction of sp³-hybridized carbons (Fsp3) is 0.188. The molecule has 0 N–H and O–H groups in total. The summed E-state index contributed by atoms with van der Waals surface area (Å²) in [6.07, 6.45) is 0.283. The molecule has 0 aliphatic heterocycles. The molecule has 0 spiro atoms. The number of aromatic nitrogens is 3. The minimum atomic E-state index is -2.61. The molecule has 7 heteroatoms. The van der Waals surface area contributed by atoms with Crippen molar-refractivity contribution in [2.75, 3.05) is 6.54 Å². The van der Waals surface area contributed by atoms with Crippen LogP contribution in [0.3, 0.4) is 0 Å². The zero-order chi connectivity index (χ0) is 16.2. The molecule has 5 nitrogen and oxygen atoms in total. The van der Waals surface area contributed by atoms with E-state index in [0.717, 1.165) is 10.5 Å². The number of hydrogen-bond donors (Lipinski definition) is 0. The number of halogens is 2. The van der Waals surface area contributed by atoms with Gasteiger partial charge in [0.2, 0.25) is 0 Å². The summed E-state index contributed by atoms with van der Waals surface area (Å²) in [7, 11) is 0. The smallest absolute Gasteiger partial charge is 0.258 e. The van der Waals surface area contributed by atoms with E-state index < -0.39 is 18.9 Å². The van der Waals surface area contributed by atoms with E-state index in [-0.39, 0.29) is 12.1 Å². The van der Waals surface area contributed by atoms with Gasteiger partial charge in [-0.05, 0) is 17.7 Å². The normalized spacial score (nSPS) is 11.1. The topological polar surface area (TPSA) is 50.5 Å². The molecule has 2 aromatic heterocycles. The van der Waals surface area contributed by atoms with E-state index in [9.17, 15) is 13.6 Å². The molecule has 1 aromatic carbocycles. The first-order valence-corrected chi connectivity index (χ1v) is 7.05. The average Bonchev–Trinajstić information content (AvgIpc) is 2.98. The van der Waals surface area contributed by atoms with Gasteiger partial charge < -0.3 is 4.90 Å². The molecule has 2 heterocycles. The predicted octanol–water partition coefficient (Wildman–Crippen LogP) is 2.64. The van der Waals surface area contributed by atoms with Crippen molar-refractivity contribution in [3.8, 4) is 0 Å². The summed E-state index contributed by atoms with van der Waals surface area (Å²) in [6.45, 7) is -0.521. The Morgan fingerprint density at radius 3 is 2.65 bits per heavy atom. The number of amides is 1. The second-order valence-electron chi connectivity index (χ2n) is 5.02. The standard InChI is InChI=1S/C16H14F2N4O/c17-15(18)11-21(10-12-5-2-1-3-6-12)16(23)13-9-20-22-14(13)7-4-8-19-22/h1-9,15H,10-11H2. The maximum absolute atomic E-state index is 12.9. The van der Waals surface area contributed by atoms with Crippen molar-refractivity contribution in [2.24, 2.45) is 0 Å². The summed E-state index contributed by atoms with van der Waals surface area (Å²) in [5, 5.41) is 7.95. The number of alkyl halides is 2. The van der Waals surface area contributed by atoms with Gasteiger partial charge in [0, 0.05) is 12.7 Å². The average molecular weight is 316 g/mol. The molecule has 0 saturated heterocycles. The highest BCUT2D eigenvalue weighted by Crippen LogP contribution is 2.15. The lowest BCUT2D eigenvalue weighted by Gasteiger charge is -2.22. The van der Waals surface area contributed by atoms with Gasteiger partial charge in [-0.2, -0.15) is 14.8 Å². The second-order valence-corrected chi connectivity index (χ2v) is 5.02. The van der Waals surface area contributed by atoms with Gasteiger partial charge in [0.05, 0.1) is 18.3 Å². The molecule has 0 atom stereocenters. The lowest BCUT2D eigenvalue weighted by atomic mass is 10.2. The van der Waals surface area contributed by atoms with Crippen LogP contribution >= 0.6 is 0 Å². The van der Waals surface area contributed by atoms with Crippen molar-refractivity contribution in [2.45, 2.75) is 13.0 Å². The lowest BCUT2D eigenvalue weighted by molar-refractivity contribution is 0.0536. The summed E-state index contributed by atoms with van der Waals surface area (Å²) in [4.78, 5) is 13.8. The number of fused-ring (bicyclic) bond motifs is 1. The van der Waals surface area contributed by atoms with Crippen LogP contribution in [-0.4, -0.2) is 38.6 Å². The van der Waals surface area contributed by atoms with E-state index in [4.69, 9.17) is 0 Å². The fourth-order valence-corrected chi connectivity index (χ4v) is 2.36. The predicted molar refractivity (Wildman–Crippen MR) is 80.2 cm³/mol. The number of hydrogen-bond acceptors (Lipinski definition) is 3. The molecule has 1 amide bonds. The molecule has 3 aromatic rings. The van der Waals surface area contributed by atoms with Crippen molar-refractivity contribution in [3.05, 3.63) is 66.0 Å². The van der Waals surface area contributed by atoms with Crippen LogP contribution in [0, 0.1) is 0 Å². The second kappa shape index (κ2) is 6.51. The fourth-order valence-electron chi connectivity index (χ4n) is 2.36. The van der Waals surface area contributed by atoms with Crippen LogP contribution in [0.15, 0.2) is 54.9 Å². The van der Waals surface area contributed by atoms with Crippen LogP contribution in [0.4, 0.5) is 8.78 Å². The van der Waals surface area contributed by atoms with E-state index in [1.165, 1.54) is 17.0 Å². The molecule has 0 aliphatic carbocycles. The van der Waals surface area contributed by atoms with Crippen LogP contribution in [0.5, 0.6) is 0 Å². The first kappa shape index (κ1) is 15.1. The third-order valence-electron chi connectivity index (χ3n) is 3.40. The number of carbonyl (C=O) groups excluding carboxylic acids is 1. The van der Waals surface area contributed by atoms with Crippen LogP contribution in [-0.2, 0) is 6.54 Å². The molecule has 0 saturated carbocycles. The molecule has 0 aliphatic rings. The summed E-state index contributed by atoms with van der Waals surface area (Å²) < 4.78 is 27.1. The Balaban J connectivity index is 1.91. The highest BCUT2D eigenvalue weighted by molar-refractivity contribution is 6.00. The van der Waals surface area contributed by atoms with Crippen LogP contribution in [0.25, 0.3) is 5.52 Å². The van der Waals surface area contributed by atoms with Gasteiger partial charge in [0.1, 0.15) is 5.52 Å². The zero-order valence-corrected chi connectivity index (χ0v) is 12.1. The zero-order valence-electron chi connectivity index (χ0n) is 12.1. The van der Waals surface area contributed by atoms with Gasteiger partial charge >= 0.3 is 0 Å². The largest absolute Gasteiger partial charge is 0.328 e. The molecule has 0 unspecified atom stereocenters. The molecule has 0 radical (unpaired) electrons. The number of nitrogens with zero attached hydrogens (tertiary/aromatic N) is 4. The molecule has 118 valence electrons. The number of carbonyl (C=O) groups is 1. The van der Waals surface area contributed by atoms with Crippen molar-refractivity contribution >= 4 is 11.4 Å². The van der Waals surface area contributed by atoms with Crippen LogP contribution in [0.1, 0.15) is 15.9 Å². The molecule has 0 fully saturated rings. The summed E-state index contributed by atoms with van der Waals surface area (Å²) >= 11 is 0. The Labute approximate surface area is 131 Å². The van der Waals surface area contributed by atoms with Gasteiger partial charge in [0.25, 0.3) is 12.3 Å². The summed E-state index contributed by atoms with van der Waals surface area (Å²) in [5.41, 5.74) is 1.54. The Kier molecular flexibility index (Phi) is 4.27. The van der Waals surface area contributed by atoms with E-state index >= 15 is 0 Å². The van der Waals surface area contributed by atoms with Gasteiger partial charge in [-0.25, -0.2) is 8.78 Å². The third-order valence-corrected chi connectivity index (χ3v) is 3.40. The van der Waals surface area contributed by atoms with Gasteiger partial charge in [-0.3, -0.25) is 4.79 Å². The molecule has 23 heavy (non-hydrogen) atoms.